The molecule has 0 atom stereocenters. The highest BCUT2D eigenvalue weighted by Gasteiger charge is 2.24. The Morgan fingerprint density at radius 2 is 1.41 bits per heavy atom. The zero-order valence-corrected chi connectivity index (χ0v) is 24.1. The first-order chi connectivity index (χ1) is 19.5. The third kappa shape index (κ3) is 6.42. The monoisotopic (exact) mass is 565 g/mol. The van der Waals surface area contributed by atoms with Crippen molar-refractivity contribution >= 4 is 43.9 Å². The average Bonchev–Trinajstić information content (AvgIpc) is 2.93. The molecule has 8 nitrogen and oxygen atoms in total. The van der Waals surface area contributed by atoms with E-state index >= 15 is 0 Å². The van der Waals surface area contributed by atoms with Crippen molar-refractivity contribution in [1.82, 2.24) is 14.9 Å². The molecule has 9 heteroatoms. The van der Waals surface area contributed by atoms with Crippen LogP contribution in [0, 0.1) is 6.92 Å². The van der Waals surface area contributed by atoms with E-state index in [1.807, 2.05) is 93.6 Å². The van der Waals surface area contributed by atoms with Gasteiger partial charge in [-0.1, -0.05) is 54.6 Å². The maximum absolute atomic E-state index is 13.1. The number of carbonyl (C=O) groups is 1. The van der Waals surface area contributed by atoms with Gasteiger partial charge in [0, 0.05) is 38.8 Å². The molecule has 0 aliphatic heterocycles. The highest BCUT2D eigenvalue weighted by Crippen LogP contribution is 2.33. The Kier molecular flexibility index (Phi) is 7.57. The molecule has 1 amide bonds. The summed E-state index contributed by atoms with van der Waals surface area (Å²) in [5.74, 6) is 0.342. The van der Waals surface area contributed by atoms with E-state index in [4.69, 9.17) is 0 Å². The quantitative estimate of drug-likeness (QED) is 0.203. The summed E-state index contributed by atoms with van der Waals surface area (Å²) in [6, 6.07) is 29.4. The van der Waals surface area contributed by atoms with Crippen LogP contribution in [0.2, 0.25) is 0 Å². The van der Waals surface area contributed by atoms with Gasteiger partial charge in [-0.05, 0) is 75.7 Å². The lowest BCUT2D eigenvalue weighted by atomic mass is 10.0. The average molecular weight is 566 g/mol. The summed E-state index contributed by atoms with van der Waals surface area (Å²) >= 11 is 0. The normalized spacial score (nSPS) is 11.8. The Balaban J connectivity index is 1.44. The number of anilines is 3. The molecular weight excluding hydrogens is 534 g/mol. The Bertz CT molecular complexity index is 1830. The van der Waals surface area contributed by atoms with Crippen molar-refractivity contribution in [2.24, 2.45) is 0 Å². The number of rotatable bonds is 7. The summed E-state index contributed by atoms with van der Waals surface area (Å²) < 4.78 is 29.0. The fourth-order valence-corrected chi connectivity index (χ4v) is 6.16. The molecule has 5 rings (SSSR count). The lowest BCUT2D eigenvalue weighted by Crippen LogP contribution is -2.40. The molecule has 0 aliphatic rings. The standard InChI is InChI=1S/C32H31N5O3S/c1-21-14-15-23(20-28(21)41(39,40)37-32(2,3)4)29-26-12-8-9-13-27(26)30(36-35-29)33-25-18-16-22(17-19-25)31(38)34-24-10-6-5-7-11-24/h5-20,37H,1-4H3,(H,33,36)(H,34,38). The molecule has 4 aromatic carbocycles. The van der Waals surface area contributed by atoms with E-state index in [0.29, 0.717) is 28.2 Å². The number of aromatic nitrogens is 2. The molecule has 0 aliphatic carbocycles. The van der Waals surface area contributed by atoms with Gasteiger partial charge in [-0.3, -0.25) is 4.79 Å². The number of para-hydroxylation sites is 1. The second kappa shape index (κ2) is 11.1. The van der Waals surface area contributed by atoms with Crippen molar-refractivity contribution in [1.29, 1.82) is 0 Å². The fraction of sp³-hybridized carbons (Fsp3) is 0.156. The first-order valence-electron chi connectivity index (χ1n) is 13.1. The molecule has 5 aromatic rings. The molecule has 0 fully saturated rings. The molecular formula is C32H31N5O3S. The van der Waals surface area contributed by atoms with Crippen molar-refractivity contribution in [3.05, 3.63) is 108 Å². The predicted molar refractivity (Wildman–Crippen MR) is 164 cm³/mol. The van der Waals surface area contributed by atoms with Gasteiger partial charge in [-0.2, -0.15) is 0 Å². The molecule has 0 bridgehead atoms. The summed E-state index contributed by atoms with van der Waals surface area (Å²) in [6.45, 7) is 7.19. The van der Waals surface area contributed by atoms with Crippen molar-refractivity contribution in [3.63, 3.8) is 0 Å². The Labute approximate surface area is 239 Å². The SMILES string of the molecule is Cc1ccc(-c2nnc(Nc3ccc(C(=O)Nc4ccccc4)cc3)c3ccccc23)cc1S(=O)(=O)NC(C)(C)C. The number of benzene rings is 4. The molecule has 208 valence electrons. The number of fused-ring (bicyclic) bond motifs is 1. The molecule has 1 heterocycles. The zero-order chi connectivity index (χ0) is 29.2. The van der Waals surface area contributed by atoms with Crippen molar-refractivity contribution in [2.45, 2.75) is 38.1 Å². The minimum atomic E-state index is -3.75. The number of hydrogen-bond donors (Lipinski definition) is 3. The molecule has 3 N–H and O–H groups in total. The van der Waals surface area contributed by atoms with Crippen LogP contribution in [0.5, 0.6) is 0 Å². The third-order valence-electron chi connectivity index (χ3n) is 6.32. The second-order valence-corrected chi connectivity index (χ2v) is 12.5. The molecule has 0 unspecified atom stereocenters. The van der Waals surface area contributed by atoms with Gasteiger partial charge in [0.1, 0.15) is 5.69 Å². The number of nitrogens with zero attached hydrogens (tertiary/aromatic N) is 2. The first-order valence-corrected chi connectivity index (χ1v) is 14.6. The lowest BCUT2D eigenvalue weighted by Gasteiger charge is -2.21. The van der Waals surface area contributed by atoms with Crippen LogP contribution in [0.25, 0.3) is 22.0 Å². The Hall–Kier alpha value is -4.60. The largest absolute Gasteiger partial charge is 0.338 e. The van der Waals surface area contributed by atoms with Gasteiger partial charge < -0.3 is 10.6 Å². The van der Waals surface area contributed by atoms with E-state index < -0.39 is 15.6 Å². The molecule has 0 saturated heterocycles. The van der Waals surface area contributed by atoms with Gasteiger partial charge in [-0.25, -0.2) is 13.1 Å². The first kappa shape index (κ1) is 27.9. The minimum absolute atomic E-state index is 0.200. The lowest BCUT2D eigenvalue weighted by molar-refractivity contribution is 0.102. The van der Waals surface area contributed by atoms with Crippen LogP contribution >= 0.6 is 0 Å². The zero-order valence-electron chi connectivity index (χ0n) is 23.3. The van der Waals surface area contributed by atoms with Crippen LogP contribution in [0.1, 0.15) is 36.7 Å². The van der Waals surface area contributed by atoms with Crippen LogP contribution in [-0.4, -0.2) is 30.1 Å². The van der Waals surface area contributed by atoms with Crippen molar-refractivity contribution < 1.29 is 13.2 Å². The molecule has 0 spiro atoms. The summed E-state index contributed by atoms with van der Waals surface area (Å²) in [7, 11) is -3.75. The smallest absolute Gasteiger partial charge is 0.255 e. The number of carbonyl (C=O) groups excluding carboxylic acids is 1. The van der Waals surface area contributed by atoms with Crippen molar-refractivity contribution in [2.75, 3.05) is 10.6 Å². The highest BCUT2D eigenvalue weighted by atomic mass is 32.2. The topological polar surface area (TPSA) is 113 Å². The number of amides is 1. The van der Waals surface area contributed by atoms with E-state index in [1.165, 1.54) is 0 Å². The van der Waals surface area contributed by atoms with E-state index in [1.54, 1.807) is 31.2 Å². The minimum Gasteiger partial charge on any atom is -0.338 e. The van der Waals surface area contributed by atoms with Crippen LogP contribution in [0.3, 0.4) is 0 Å². The number of hydrogen-bond acceptors (Lipinski definition) is 6. The van der Waals surface area contributed by atoms with Crippen LogP contribution in [0.4, 0.5) is 17.2 Å². The highest BCUT2D eigenvalue weighted by molar-refractivity contribution is 7.89. The van der Waals surface area contributed by atoms with Gasteiger partial charge in [0.25, 0.3) is 5.91 Å². The Morgan fingerprint density at radius 3 is 2.10 bits per heavy atom. The summed E-state index contributed by atoms with van der Waals surface area (Å²) in [5, 5.41) is 16.8. The summed E-state index contributed by atoms with van der Waals surface area (Å²) in [6.07, 6.45) is 0. The summed E-state index contributed by atoms with van der Waals surface area (Å²) in [5.41, 5.74) is 3.24. The van der Waals surface area contributed by atoms with Crippen LogP contribution in [-0.2, 0) is 10.0 Å². The van der Waals surface area contributed by atoms with Crippen molar-refractivity contribution in [3.8, 4) is 11.3 Å². The number of nitrogens with one attached hydrogen (secondary N) is 3. The predicted octanol–water partition coefficient (Wildman–Crippen LogP) is 6.68. The molecule has 1 aromatic heterocycles. The van der Waals surface area contributed by atoms with E-state index in [0.717, 1.165) is 22.1 Å². The number of aryl methyl sites for hydroxylation is 1. The van der Waals surface area contributed by atoms with Crippen LogP contribution in [0.15, 0.2) is 102 Å². The van der Waals surface area contributed by atoms with E-state index in [2.05, 4.69) is 25.6 Å². The van der Waals surface area contributed by atoms with E-state index in [9.17, 15) is 13.2 Å². The van der Waals surface area contributed by atoms with Gasteiger partial charge in [-0.15, -0.1) is 10.2 Å². The van der Waals surface area contributed by atoms with E-state index in [-0.39, 0.29) is 10.8 Å². The van der Waals surface area contributed by atoms with Gasteiger partial charge in [0.2, 0.25) is 10.0 Å². The van der Waals surface area contributed by atoms with Gasteiger partial charge >= 0.3 is 0 Å². The fourth-order valence-electron chi connectivity index (χ4n) is 4.47. The second-order valence-electron chi connectivity index (χ2n) is 10.8. The molecule has 41 heavy (non-hydrogen) atoms. The van der Waals surface area contributed by atoms with Gasteiger partial charge in [0.05, 0.1) is 4.90 Å². The summed E-state index contributed by atoms with van der Waals surface area (Å²) in [4.78, 5) is 12.8. The maximum Gasteiger partial charge on any atom is 0.255 e. The molecule has 0 saturated carbocycles. The Morgan fingerprint density at radius 1 is 0.756 bits per heavy atom. The molecule has 0 radical (unpaired) electrons. The third-order valence-corrected chi connectivity index (χ3v) is 8.22. The maximum atomic E-state index is 13.1. The van der Waals surface area contributed by atoms with Crippen LogP contribution < -0.4 is 15.4 Å². The number of sulfonamides is 1. The van der Waals surface area contributed by atoms with Gasteiger partial charge in [0.15, 0.2) is 5.82 Å².